The number of methoxy groups -OCH3 is 1. The summed E-state index contributed by atoms with van der Waals surface area (Å²) in [6.07, 6.45) is 4.14. The summed E-state index contributed by atoms with van der Waals surface area (Å²) in [7, 11) is 1.53. The first-order valence-corrected chi connectivity index (χ1v) is 9.86. The zero-order chi connectivity index (χ0) is 22.0. The minimum Gasteiger partial charge on any atom is -0.455 e. The van der Waals surface area contributed by atoms with Crippen LogP contribution in [0.4, 0.5) is 0 Å². The summed E-state index contributed by atoms with van der Waals surface area (Å²) in [5, 5.41) is 15.9. The van der Waals surface area contributed by atoms with Crippen LogP contribution in [0.2, 0.25) is 5.02 Å². The van der Waals surface area contributed by atoms with Crippen LogP contribution in [0.15, 0.2) is 42.9 Å². The van der Waals surface area contributed by atoms with Crippen LogP contribution in [0.25, 0.3) is 21.8 Å². The highest BCUT2D eigenvalue weighted by atomic mass is 35.5. The molecule has 0 amide bonds. The van der Waals surface area contributed by atoms with Crippen LogP contribution < -0.4 is 0 Å². The van der Waals surface area contributed by atoms with E-state index in [1.54, 1.807) is 24.0 Å². The Balaban J connectivity index is 1.76. The van der Waals surface area contributed by atoms with Gasteiger partial charge in [-0.25, -0.2) is 4.79 Å². The van der Waals surface area contributed by atoms with E-state index in [1.165, 1.54) is 13.3 Å². The number of hydrogen-bond acceptors (Lipinski definition) is 7. The Kier molecular flexibility index (Phi) is 5.80. The predicted octanol–water partition coefficient (Wildman–Crippen LogP) is 3.74. The average molecular weight is 436 g/mol. The van der Waals surface area contributed by atoms with Crippen molar-refractivity contribution < 1.29 is 14.3 Å². The molecule has 0 radical (unpaired) electrons. The lowest BCUT2D eigenvalue weighted by Gasteiger charge is -2.10. The number of carbonyl (C=O) groups excluding carboxylic acids is 1. The van der Waals surface area contributed by atoms with Crippen molar-refractivity contribution in [3.63, 3.8) is 0 Å². The van der Waals surface area contributed by atoms with Crippen molar-refractivity contribution in [1.82, 2.24) is 19.7 Å². The number of esters is 1. The third-order valence-electron chi connectivity index (χ3n) is 4.73. The summed E-state index contributed by atoms with van der Waals surface area (Å²) >= 11 is 6.07. The first-order chi connectivity index (χ1) is 15.0. The van der Waals surface area contributed by atoms with E-state index in [-0.39, 0.29) is 17.9 Å². The molecule has 0 saturated carbocycles. The average Bonchev–Trinajstić information content (AvgIpc) is 3.12. The molecule has 1 atom stereocenters. The Hall–Kier alpha value is -3.54. The molecule has 9 heteroatoms. The molecule has 31 heavy (non-hydrogen) atoms. The number of aromatic nitrogens is 4. The van der Waals surface area contributed by atoms with Crippen LogP contribution >= 0.6 is 11.6 Å². The van der Waals surface area contributed by atoms with E-state index in [0.29, 0.717) is 22.5 Å². The van der Waals surface area contributed by atoms with Gasteiger partial charge < -0.3 is 9.47 Å². The number of benzene rings is 1. The molecule has 4 rings (SSSR count). The van der Waals surface area contributed by atoms with E-state index in [0.717, 1.165) is 16.5 Å². The van der Waals surface area contributed by atoms with E-state index >= 15 is 0 Å². The first-order valence-electron chi connectivity index (χ1n) is 9.49. The number of pyridine rings is 2. The summed E-state index contributed by atoms with van der Waals surface area (Å²) in [5.41, 5.74) is 2.64. The fraction of sp³-hybridized carbons (Fsp3) is 0.227. The topological polar surface area (TPSA) is 103 Å². The zero-order valence-electron chi connectivity index (χ0n) is 16.9. The van der Waals surface area contributed by atoms with Gasteiger partial charge in [0, 0.05) is 24.9 Å². The van der Waals surface area contributed by atoms with Crippen molar-refractivity contribution >= 4 is 39.4 Å². The number of nitrogens with zero attached hydrogens (tertiary/aromatic N) is 5. The Bertz CT molecular complexity index is 1330. The molecule has 0 bridgehead atoms. The lowest BCUT2D eigenvalue weighted by molar-refractivity contribution is 0.0115. The molecule has 0 fully saturated rings. The first kappa shape index (κ1) is 20.7. The van der Waals surface area contributed by atoms with Crippen LogP contribution in [-0.2, 0) is 16.0 Å². The fourth-order valence-electron chi connectivity index (χ4n) is 3.40. The molecule has 0 spiro atoms. The largest absolute Gasteiger partial charge is 0.455 e. The van der Waals surface area contributed by atoms with Crippen LogP contribution in [0.5, 0.6) is 0 Å². The van der Waals surface area contributed by atoms with E-state index in [2.05, 4.69) is 21.1 Å². The molecule has 0 N–H and O–H groups in total. The van der Waals surface area contributed by atoms with Crippen LogP contribution in [0, 0.1) is 11.3 Å². The van der Waals surface area contributed by atoms with Gasteiger partial charge in [0.1, 0.15) is 12.2 Å². The van der Waals surface area contributed by atoms with Gasteiger partial charge in [-0.15, -0.1) is 0 Å². The lowest BCUT2D eigenvalue weighted by Crippen LogP contribution is -2.20. The molecule has 1 aromatic carbocycles. The highest BCUT2D eigenvalue weighted by molar-refractivity contribution is 6.31. The van der Waals surface area contributed by atoms with Crippen molar-refractivity contribution in [3.8, 4) is 6.07 Å². The Morgan fingerprint density at radius 3 is 2.90 bits per heavy atom. The third kappa shape index (κ3) is 4.19. The molecule has 1 unspecified atom stereocenters. The van der Waals surface area contributed by atoms with Gasteiger partial charge in [-0.1, -0.05) is 17.7 Å². The third-order valence-corrected chi connectivity index (χ3v) is 4.94. The van der Waals surface area contributed by atoms with Crippen molar-refractivity contribution in [3.05, 3.63) is 64.7 Å². The van der Waals surface area contributed by atoms with Crippen LogP contribution in [0.3, 0.4) is 0 Å². The summed E-state index contributed by atoms with van der Waals surface area (Å²) in [5.74, 6) is -0.620. The molecule has 0 aliphatic carbocycles. The molecule has 156 valence electrons. The van der Waals surface area contributed by atoms with Gasteiger partial charge in [0.2, 0.25) is 0 Å². The Labute approximate surface area is 183 Å². The fourth-order valence-corrected chi connectivity index (χ4v) is 3.57. The van der Waals surface area contributed by atoms with Gasteiger partial charge >= 0.3 is 5.97 Å². The van der Waals surface area contributed by atoms with E-state index in [4.69, 9.17) is 21.1 Å². The van der Waals surface area contributed by atoms with E-state index in [1.807, 2.05) is 24.3 Å². The summed E-state index contributed by atoms with van der Waals surface area (Å²) in [6.45, 7) is 2.34. The summed E-state index contributed by atoms with van der Waals surface area (Å²) in [4.78, 5) is 21.2. The second-order valence-electron chi connectivity index (χ2n) is 7.05. The van der Waals surface area contributed by atoms with E-state index in [9.17, 15) is 10.1 Å². The number of ether oxygens (including phenoxy) is 2. The maximum Gasteiger partial charge on any atom is 0.359 e. The minimum absolute atomic E-state index is 0.0717. The van der Waals surface area contributed by atoms with Crippen molar-refractivity contribution in [2.24, 2.45) is 0 Å². The molecule has 0 saturated heterocycles. The molecule has 0 aliphatic rings. The maximum atomic E-state index is 12.8. The van der Waals surface area contributed by atoms with Gasteiger partial charge in [-0.2, -0.15) is 10.4 Å². The lowest BCUT2D eigenvalue weighted by atomic mass is 10.1. The van der Waals surface area contributed by atoms with Gasteiger partial charge in [0.15, 0.2) is 5.69 Å². The van der Waals surface area contributed by atoms with Crippen LogP contribution in [0.1, 0.15) is 28.5 Å². The molecule has 3 aromatic heterocycles. The molecule has 0 aliphatic heterocycles. The summed E-state index contributed by atoms with van der Waals surface area (Å²) in [6, 6.07) is 9.70. The normalized spacial score (nSPS) is 12.1. The summed E-state index contributed by atoms with van der Waals surface area (Å²) < 4.78 is 12.1. The van der Waals surface area contributed by atoms with Crippen molar-refractivity contribution in [1.29, 1.82) is 5.26 Å². The van der Waals surface area contributed by atoms with Gasteiger partial charge in [-0.3, -0.25) is 14.6 Å². The highest BCUT2D eigenvalue weighted by Gasteiger charge is 2.23. The van der Waals surface area contributed by atoms with Crippen molar-refractivity contribution in [2.75, 3.05) is 13.7 Å². The quantitative estimate of drug-likeness (QED) is 0.425. The van der Waals surface area contributed by atoms with E-state index < -0.39 is 12.1 Å². The number of halogens is 1. The zero-order valence-corrected chi connectivity index (χ0v) is 17.6. The smallest absolute Gasteiger partial charge is 0.359 e. The molecule has 8 nitrogen and oxygen atoms in total. The molecular weight excluding hydrogens is 418 g/mol. The monoisotopic (exact) mass is 435 g/mol. The van der Waals surface area contributed by atoms with Crippen molar-refractivity contribution in [2.45, 2.75) is 19.6 Å². The number of carbonyl (C=O) groups is 1. The van der Waals surface area contributed by atoms with Gasteiger partial charge in [0.05, 0.1) is 46.4 Å². The number of nitriles is 1. The number of hydrogen-bond donors (Lipinski definition) is 0. The maximum absolute atomic E-state index is 12.8. The molecule has 4 aromatic rings. The molecule has 3 heterocycles. The Morgan fingerprint density at radius 2 is 2.13 bits per heavy atom. The van der Waals surface area contributed by atoms with Crippen LogP contribution in [-0.4, -0.2) is 45.5 Å². The second-order valence-corrected chi connectivity index (χ2v) is 7.49. The second kappa shape index (κ2) is 8.68. The standard InChI is InChI=1S/C22H18ClN5O3/c1-13(12-30-2)31-22(29)21-20-16(7-24)8-25-10-19(20)28(27-21)11-14-3-4-18-15(5-14)6-17(23)9-26-18/h3-6,8-10,13H,11-12H2,1-2H3. The SMILES string of the molecule is COCC(C)OC(=O)c1nn(Cc2ccc3ncc(Cl)cc3c2)c2cncc(C#N)c12. The Morgan fingerprint density at radius 1 is 1.29 bits per heavy atom. The molecular formula is C22H18ClN5O3. The van der Waals surface area contributed by atoms with Gasteiger partial charge in [-0.05, 0) is 30.7 Å². The highest BCUT2D eigenvalue weighted by Crippen LogP contribution is 2.25. The predicted molar refractivity (Wildman–Crippen MR) is 115 cm³/mol. The number of rotatable bonds is 6. The van der Waals surface area contributed by atoms with Gasteiger partial charge in [0.25, 0.3) is 0 Å². The minimum atomic E-state index is -0.620. The number of fused-ring (bicyclic) bond motifs is 2.